The summed E-state index contributed by atoms with van der Waals surface area (Å²) in [6.45, 7) is 0. The first-order valence-corrected chi connectivity index (χ1v) is 8.95. The van der Waals surface area contributed by atoms with Crippen LogP contribution in [-0.2, 0) is 16.9 Å². The molecule has 1 aromatic carbocycles. The highest BCUT2D eigenvalue weighted by Gasteiger charge is 2.14. The molecule has 114 valence electrons. The number of aryl methyl sites for hydroxylation is 1. The standard InChI is InChI=1S/C13H12N4O3S2/c1-17-6-5-10(16-17)12(18)15-13-14-9-4-3-8(22(2,19)20)7-11(9)21-13/h3-7H,1-2H3,(H,14,15,18). The summed E-state index contributed by atoms with van der Waals surface area (Å²) < 4.78 is 25.3. The van der Waals surface area contributed by atoms with Gasteiger partial charge in [0, 0.05) is 19.5 Å². The minimum Gasteiger partial charge on any atom is -0.296 e. The first-order chi connectivity index (χ1) is 10.3. The number of amides is 1. The van der Waals surface area contributed by atoms with Crippen molar-refractivity contribution in [1.82, 2.24) is 14.8 Å². The van der Waals surface area contributed by atoms with Crippen molar-refractivity contribution in [2.75, 3.05) is 11.6 Å². The van der Waals surface area contributed by atoms with E-state index in [0.29, 0.717) is 21.0 Å². The Morgan fingerprint density at radius 3 is 2.73 bits per heavy atom. The maximum absolute atomic E-state index is 12.0. The molecule has 3 aromatic rings. The lowest BCUT2D eigenvalue weighted by Crippen LogP contribution is -2.12. The van der Waals surface area contributed by atoms with Crippen LogP contribution < -0.4 is 5.32 Å². The normalized spacial score (nSPS) is 11.7. The molecule has 3 rings (SSSR count). The fraction of sp³-hybridized carbons (Fsp3) is 0.154. The number of rotatable bonds is 3. The van der Waals surface area contributed by atoms with Gasteiger partial charge in [-0.05, 0) is 24.3 Å². The third kappa shape index (κ3) is 2.85. The molecule has 1 N–H and O–H groups in total. The van der Waals surface area contributed by atoms with Gasteiger partial charge in [0.25, 0.3) is 5.91 Å². The molecule has 2 aromatic heterocycles. The molecule has 0 fully saturated rings. The van der Waals surface area contributed by atoms with Crippen LogP contribution in [-0.4, -0.2) is 35.3 Å². The van der Waals surface area contributed by atoms with Gasteiger partial charge in [-0.25, -0.2) is 13.4 Å². The topological polar surface area (TPSA) is 94.0 Å². The summed E-state index contributed by atoms with van der Waals surface area (Å²) in [5.74, 6) is -0.358. The first kappa shape index (κ1) is 14.7. The van der Waals surface area contributed by atoms with Crippen LogP contribution in [0.4, 0.5) is 5.13 Å². The quantitative estimate of drug-likeness (QED) is 0.785. The van der Waals surface area contributed by atoms with Gasteiger partial charge in [0.2, 0.25) is 0 Å². The third-order valence-electron chi connectivity index (χ3n) is 2.95. The van der Waals surface area contributed by atoms with E-state index in [1.807, 2.05) is 0 Å². The van der Waals surface area contributed by atoms with Crippen molar-refractivity contribution in [3.63, 3.8) is 0 Å². The Labute approximate surface area is 130 Å². The van der Waals surface area contributed by atoms with Gasteiger partial charge >= 0.3 is 0 Å². The number of nitrogens with one attached hydrogen (secondary N) is 1. The van der Waals surface area contributed by atoms with Crippen LogP contribution in [0.3, 0.4) is 0 Å². The Kier molecular flexibility index (Phi) is 3.45. The molecule has 2 heterocycles. The molecule has 0 saturated heterocycles. The number of benzene rings is 1. The van der Waals surface area contributed by atoms with E-state index >= 15 is 0 Å². The first-order valence-electron chi connectivity index (χ1n) is 6.24. The number of carbonyl (C=O) groups is 1. The van der Waals surface area contributed by atoms with Crippen molar-refractivity contribution >= 4 is 42.4 Å². The van der Waals surface area contributed by atoms with Crippen LogP contribution in [0.5, 0.6) is 0 Å². The number of anilines is 1. The zero-order valence-corrected chi connectivity index (χ0v) is 13.4. The molecule has 0 saturated carbocycles. The van der Waals surface area contributed by atoms with Crippen LogP contribution in [0.2, 0.25) is 0 Å². The smallest absolute Gasteiger partial charge is 0.277 e. The van der Waals surface area contributed by atoms with Gasteiger partial charge in [0.15, 0.2) is 20.7 Å². The molecule has 0 aliphatic heterocycles. The van der Waals surface area contributed by atoms with Crippen LogP contribution in [0.1, 0.15) is 10.5 Å². The third-order valence-corrected chi connectivity index (χ3v) is 5.00. The number of sulfone groups is 1. The summed E-state index contributed by atoms with van der Waals surface area (Å²) in [4.78, 5) is 16.5. The number of nitrogens with zero attached hydrogens (tertiary/aromatic N) is 3. The van der Waals surface area contributed by atoms with Gasteiger partial charge in [-0.3, -0.25) is 14.8 Å². The summed E-state index contributed by atoms with van der Waals surface area (Å²) in [7, 11) is -1.55. The number of thiazole rings is 1. The molecule has 7 nitrogen and oxygen atoms in total. The predicted octanol–water partition coefficient (Wildman–Crippen LogP) is 1.69. The average Bonchev–Trinajstić information content (AvgIpc) is 3.02. The monoisotopic (exact) mass is 336 g/mol. The minimum atomic E-state index is -3.27. The molecule has 0 spiro atoms. The van der Waals surface area contributed by atoms with E-state index in [2.05, 4.69) is 15.4 Å². The van der Waals surface area contributed by atoms with Crippen LogP contribution in [0, 0.1) is 0 Å². The molecule has 22 heavy (non-hydrogen) atoms. The lowest BCUT2D eigenvalue weighted by molar-refractivity contribution is 0.102. The summed E-state index contributed by atoms with van der Waals surface area (Å²) >= 11 is 1.22. The highest BCUT2D eigenvalue weighted by Crippen LogP contribution is 2.28. The highest BCUT2D eigenvalue weighted by atomic mass is 32.2. The van der Waals surface area contributed by atoms with Crippen LogP contribution in [0.25, 0.3) is 10.2 Å². The van der Waals surface area contributed by atoms with E-state index in [0.717, 1.165) is 6.26 Å². The van der Waals surface area contributed by atoms with Gasteiger partial charge in [-0.1, -0.05) is 11.3 Å². The van der Waals surface area contributed by atoms with Crippen molar-refractivity contribution in [3.8, 4) is 0 Å². The fourth-order valence-corrected chi connectivity index (χ4v) is 3.51. The van der Waals surface area contributed by atoms with Gasteiger partial charge in [-0.2, -0.15) is 5.10 Å². The van der Waals surface area contributed by atoms with Crippen molar-refractivity contribution in [2.45, 2.75) is 4.90 Å². The van der Waals surface area contributed by atoms with E-state index in [1.165, 1.54) is 22.1 Å². The number of fused-ring (bicyclic) bond motifs is 1. The van der Waals surface area contributed by atoms with E-state index in [9.17, 15) is 13.2 Å². The Morgan fingerprint density at radius 2 is 2.09 bits per heavy atom. The summed E-state index contributed by atoms with van der Waals surface area (Å²) in [6, 6.07) is 6.28. The molecule has 0 atom stereocenters. The second-order valence-corrected chi connectivity index (χ2v) is 7.80. The average molecular weight is 336 g/mol. The van der Waals surface area contributed by atoms with E-state index in [-0.39, 0.29) is 10.8 Å². The minimum absolute atomic E-state index is 0.228. The number of aromatic nitrogens is 3. The SMILES string of the molecule is Cn1ccc(C(=O)Nc2nc3ccc(S(C)(=O)=O)cc3s2)n1. The van der Waals surface area contributed by atoms with Gasteiger partial charge in [0.1, 0.15) is 0 Å². The van der Waals surface area contributed by atoms with Gasteiger partial charge in [0.05, 0.1) is 15.1 Å². The van der Waals surface area contributed by atoms with Crippen molar-refractivity contribution in [2.24, 2.45) is 7.05 Å². The Morgan fingerprint density at radius 1 is 1.32 bits per heavy atom. The fourth-order valence-electron chi connectivity index (χ4n) is 1.89. The largest absolute Gasteiger partial charge is 0.296 e. The zero-order chi connectivity index (χ0) is 15.9. The maximum atomic E-state index is 12.0. The molecule has 0 radical (unpaired) electrons. The molecular weight excluding hydrogens is 324 g/mol. The predicted molar refractivity (Wildman–Crippen MR) is 83.9 cm³/mol. The Hall–Kier alpha value is -2.26. The van der Waals surface area contributed by atoms with Crippen molar-refractivity contribution in [3.05, 3.63) is 36.2 Å². The maximum Gasteiger partial charge on any atom is 0.277 e. The molecular formula is C13H12N4O3S2. The van der Waals surface area contributed by atoms with Crippen LogP contribution in [0.15, 0.2) is 35.4 Å². The van der Waals surface area contributed by atoms with Gasteiger partial charge < -0.3 is 0 Å². The second-order valence-electron chi connectivity index (χ2n) is 4.75. The number of hydrogen-bond acceptors (Lipinski definition) is 6. The van der Waals surface area contributed by atoms with E-state index in [1.54, 1.807) is 31.4 Å². The van der Waals surface area contributed by atoms with E-state index < -0.39 is 9.84 Å². The van der Waals surface area contributed by atoms with Crippen LogP contribution >= 0.6 is 11.3 Å². The number of hydrogen-bond donors (Lipinski definition) is 1. The van der Waals surface area contributed by atoms with Crippen molar-refractivity contribution < 1.29 is 13.2 Å². The molecule has 0 aliphatic rings. The molecule has 0 bridgehead atoms. The summed E-state index contributed by atoms with van der Waals surface area (Å²) in [6.07, 6.45) is 2.82. The highest BCUT2D eigenvalue weighted by molar-refractivity contribution is 7.90. The lowest BCUT2D eigenvalue weighted by atomic mass is 10.3. The van der Waals surface area contributed by atoms with E-state index in [4.69, 9.17) is 0 Å². The van der Waals surface area contributed by atoms with Gasteiger partial charge in [-0.15, -0.1) is 0 Å². The Balaban J connectivity index is 1.90. The molecule has 1 amide bonds. The lowest BCUT2D eigenvalue weighted by Gasteiger charge is -1.96. The zero-order valence-electron chi connectivity index (χ0n) is 11.8. The summed E-state index contributed by atoms with van der Waals surface area (Å²) in [5, 5.41) is 7.07. The second kappa shape index (κ2) is 5.18. The van der Waals surface area contributed by atoms with Crippen molar-refractivity contribution in [1.29, 1.82) is 0 Å². The Bertz CT molecular complexity index is 972. The molecule has 9 heteroatoms. The molecule has 0 unspecified atom stereocenters. The molecule has 0 aliphatic carbocycles. The number of carbonyl (C=O) groups excluding carboxylic acids is 1. The summed E-state index contributed by atoms with van der Waals surface area (Å²) in [5.41, 5.74) is 0.923.